The lowest BCUT2D eigenvalue weighted by atomic mass is 10.1. The summed E-state index contributed by atoms with van der Waals surface area (Å²) >= 11 is 11.9. The van der Waals surface area contributed by atoms with Gasteiger partial charge in [-0.25, -0.2) is 0 Å². The first-order valence-corrected chi connectivity index (χ1v) is 8.66. The van der Waals surface area contributed by atoms with Gasteiger partial charge in [0.05, 0.1) is 14.2 Å². The number of hydrogen-bond acceptors (Lipinski definition) is 4. The zero-order valence-corrected chi connectivity index (χ0v) is 16.3. The maximum atomic E-state index is 12.0. The molecule has 0 fully saturated rings. The van der Waals surface area contributed by atoms with Gasteiger partial charge in [0.25, 0.3) is 0 Å². The highest BCUT2D eigenvalue weighted by molar-refractivity contribution is 6.31. The minimum atomic E-state index is -0.391. The molecule has 0 atom stereocenters. The molecule has 0 aliphatic rings. The third-order valence-corrected chi connectivity index (χ3v) is 4.00. The molecule has 0 heterocycles. The predicted octanol–water partition coefficient (Wildman–Crippen LogP) is 5.75. The normalized spacial score (nSPS) is 11.9. The molecule has 0 spiro atoms. The average molecular weight is 405 g/mol. The number of rotatable bonds is 7. The van der Waals surface area contributed by atoms with Crippen molar-refractivity contribution in [2.45, 2.75) is 0 Å². The van der Waals surface area contributed by atoms with Crippen molar-refractivity contribution in [3.05, 3.63) is 81.6 Å². The van der Waals surface area contributed by atoms with Gasteiger partial charge in [0.1, 0.15) is 17.3 Å². The average Bonchev–Trinajstić information content (AvgIpc) is 2.65. The van der Waals surface area contributed by atoms with Crippen LogP contribution in [0, 0.1) is 0 Å². The molecule has 140 valence electrons. The van der Waals surface area contributed by atoms with Crippen molar-refractivity contribution < 1.29 is 19.4 Å². The van der Waals surface area contributed by atoms with Gasteiger partial charge in [0.15, 0.2) is 5.78 Å². The highest BCUT2D eigenvalue weighted by Crippen LogP contribution is 2.25. The van der Waals surface area contributed by atoms with Gasteiger partial charge in [-0.15, -0.1) is 0 Å². The molecule has 0 saturated heterocycles. The van der Waals surface area contributed by atoms with Crippen molar-refractivity contribution >= 4 is 41.1 Å². The fraction of sp³-hybridized carbons (Fsp3) is 0.0952. The first kappa shape index (κ1) is 20.6. The monoisotopic (exact) mass is 404 g/mol. The van der Waals surface area contributed by atoms with E-state index in [1.54, 1.807) is 48.6 Å². The second kappa shape index (κ2) is 9.86. The Kier molecular flexibility index (Phi) is 7.53. The molecular formula is C21H18Cl2O4. The molecule has 2 rings (SSSR count). The van der Waals surface area contributed by atoms with Gasteiger partial charge in [-0.2, -0.15) is 0 Å². The Labute approximate surface area is 167 Å². The van der Waals surface area contributed by atoms with Crippen LogP contribution in [0.1, 0.15) is 11.1 Å². The maximum Gasteiger partial charge on any atom is 0.182 e. The highest BCUT2D eigenvalue weighted by Gasteiger charge is 2.03. The van der Waals surface area contributed by atoms with Crippen molar-refractivity contribution in [2.24, 2.45) is 0 Å². The second-order valence-corrected chi connectivity index (χ2v) is 6.28. The largest absolute Gasteiger partial charge is 0.508 e. The Morgan fingerprint density at radius 3 is 1.85 bits per heavy atom. The maximum absolute atomic E-state index is 12.0. The summed E-state index contributed by atoms with van der Waals surface area (Å²) < 4.78 is 10.4. The van der Waals surface area contributed by atoms with Crippen molar-refractivity contribution in [3.8, 4) is 11.5 Å². The molecule has 0 saturated carbocycles. The van der Waals surface area contributed by atoms with Crippen LogP contribution in [0.15, 0.2) is 60.4 Å². The molecule has 2 aromatic rings. The van der Waals surface area contributed by atoms with Gasteiger partial charge in [0.2, 0.25) is 0 Å². The first-order valence-electron chi connectivity index (χ1n) is 7.91. The van der Waals surface area contributed by atoms with Crippen LogP contribution < -0.4 is 9.47 Å². The summed E-state index contributed by atoms with van der Waals surface area (Å²) in [5.74, 6) is 0.592. The minimum Gasteiger partial charge on any atom is -0.508 e. The Hall–Kier alpha value is -2.69. The first-order chi connectivity index (χ1) is 12.9. The lowest BCUT2D eigenvalue weighted by Gasteiger charge is -2.04. The number of hydrogen-bond donors (Lipinski definition) is 1. The van der Waals surface area contributed by atoms with Crippen LogP contribution in [-0.2, 0) is 4.79 Å². The Bertz CT molecular complexity index is 914. The molecule has 0 radical (unpaired) electrons. The van der Waals surface area contributed by atoms with Crippen LogP contribution in [0.25, 0.3) is 12.2 Å². The summed E-state index contributed by atoms with van der Waals surface area (Å²) in [6.07, 6.45) is 6.98. The quantitative estimate of drug-likeness (QED) is 0.362. The van der Waals surface area contributed by atoms with E-state index in [4.69, 9.17) is 32.7 Å². The van der Waals surface area contributed by atoms with Crippen LogP contribution in [0.2, 0.25) is 10.0 Å². The van der Waals surface area contributed by atoms with E-state index in [0.29, 0.717) is 32.7 Å². The number of ether oxygens (including phenoxy) is 2. The number of benzene rings is 2. The molecular weight excluding hydrogens is 387 g/mol. The van der Waals surface area contributed by atoms with Crippen LogP contribution in [0.5, 0.6) is 11.5 Å². The number of ketones is 1. The van der Waals surface area contributed by atoms with Crippen LogP contribution in [0.3, 0.4) is 0 Å². The molecule has 0 unspecified atom stereocenters. The zero-order chi connectivity index (χ0) is 19.8. The molecule has 2 aromatic carbocycles. The zero-order valence-electron chi connectivity index (χ0n) is 14.8. The summed E-state index contributed by atoms with van der Waals surface area (Å²) in [6.45, 7) is 0. The minimum absolute atomic E-state index is 0.204. The van der Waals surface area contributed by atoms with Crippen molar-refractivity contribution in [2.75, 3.05) is 14.2 Å². The molecule has 6 heteroatoms. The fourth-order valence-electron chi connectivity index (χ4n) is 2.26. The number of allylic oxidation sites excluding steroid dienone is 3. The number of carbonyl (C=O) groups excluding carboxylic acids is 1. The molecule has 0 aliphatic heterocycles. The van der Waals surface area contributed by atoms with E-state index >= 15 is 0 Å². The van der Waals surface area contributed by atoms with Crippen molar-refractivity contribution in [3.63, 3.8) is 0 Å². The number of carbonyl (C=O) groups is 1. The molecule has 27 heavy (non-hydrogen) atoms. The highest BCUT2D eigenvalue weighted by atomic mass is 35.5. The van der Waals surface area contributed by atoms with Gasteiger partial charge < -0.3 is 14.6 Å². The summed E-state index contributed by atoms with van der Waals surface area (Å²) in [6, 6.07) is 10.2. The number of aliphatic hydroxyl groups is 1. The van der Waals surface area contributed by atoms with E-state index in [1.165, 1.54) is 26.4 Å². The topological polar surface area (TPSA) is 55.8 Å². The molecule has 1 N–H and O–H groups in total. The molecule has 0 amide bonds. The summed E-state index contributed by atoms with van der Waals surface area (Å²) in [4.78, 5) is 12.0. The third kappa shape index (κ3) is 6.20. The van der Waals surface area contributed by atoms with Crippen LogP contribution >= 0.6 is 23.2 Å². The Morgan fingerprint density at radius 1 is 0.889 bits per heavy atom. The van der Waals surface area contributed by atoms with Crippen molar-refractivity contribution in [1.82, 2.24) is 0 Å². The van der Waals surface area contributed by atoms with Gasteiger partial charge in [-0.05, 0) is 60.7 Å². The van der Waals surface area contributed by atoms with Gasteiger partial charge >= 0.3 is 0 Å². The molecule has 0 aliphatic carbocycles. The Morgan fingerprint density at radius 2 is 1.37 bits per heavy atom. The lowest BCUT2D eigenvalue weighted by molar-refractivity contribution is -0.110. The van der Waals surface area contributed by atoms with Gasteiger partial charge in [0, 0.05) is 27.2 Å². The predicted molar refractivity (Wildman–Crippen MR) is 110 cm³/mol. The third-order valence-electron chi connectivity index (χ3n) is 3.53. The molecule has 0 aromatic heterocycles. The van der Waals surface area contributed by atoms with Crippen LogP contribution in [0.4, 0.5) is 0 Å². The standard InChI is InChI=1S/C21H18Cl2O4/c1-26-20-9-5-16(22)11-14(20)3-7-18(24)13-19(25)8-4-15-12-17(23)6-10-21(15)27-2/h3-13,24H,1-2H3/b7-3+,8-4+,18-13-. The number of aliphatic hydroxyl groups excluding tert-OH is 1. The van der Waals surface area contributed by atoms with E-state index in [9.17, 15) is 9.90 Å². The summed E-state index contributed by atoms with van der Waals surface area (Å²) in [5, 5.41) is 11.0. The van der Waals surface area contributed by atoms with E-state index in [1.807, 2.05) is 0 Å². The SMILES string of the molecule is COc1ccc(Cl)cc1/C=C/C(=O)/C=C(O)/C=C/c1cc(Cl)ccc1OC. The van der Waals surface area contributed by atoms with Crippen LogP contribution in [-0.4, -0.2) is 25.1 Å². The smallest absolute Gasteiger partial charge is 0.182 e. The number of methoxy groups -OCH3 is 2. The molecule has 4 nitrogen and oxygen atoms in total. The summed E-state index contributed by atoms with van der Waals surface area (Å²) in [7, 11) is 3.07. The number of halogens is 2. The van der Waals surface area contributed by atoms with Crippen molar-refractivity contribution in [1.29, 1.82) is 0 Å². The van der Waals surface area contributed by atoms with E-state index in [-0.39, 0.29) is 5.76 Å². The van der Waals surface area contributed by atoms with E-state index in [2.05, 4.69) is 0 Å². The second-order valence-electron chi connectivity index (χ2n) is 5.41. The van der Waals surface area contributed by atoms with E-state index < -0.39 is 5.78 Å². The molecule has 0 bridgehead atoms. The lowest BCUT2D eigenvalue weighted by Crippen LogP contribution is -1.91. The van der Waals surface area contributed by atoms with Gasteiger partial charge in [-0.1, -0.05) is 23.2 Å². The van der Waals surface area contributed by atoms with Gasteiger partial charge in [-0.3, -0.25) is 4.79 Å². The summed E-state index contributed by atoms with van der Waals surface area (Å²) in [5.41, 5.74) is 1.34. The van der Waals surface area contributed by atoms with E-state index in [0.717, 1.165) is 6.08 Å². The fourth-order valence-corrected chi connectivity index (χ4v) is 2.62. The Balaban J connectivity index is 2.13.